The van der Waals surface area contributed by atoms with E-state index in [-0.39, 0.29) is 11.9 Å². The minimum atomic E-state index is -0.130. The average molecular weight is 260 g/mol. The van der Waals surface area contributed by atoms with Crippen LogP contribution in [0.2, 0.25) is 0 Å². The normalized spacial score (nSPS) is 12.5. The summed E-state index contributed by atoms with van der Waals surface area (Å²) in [5.41, 5.74) is 1.10. The van der Waals surface area contributed by atoms with E-state index in [4.69, 9.17) is 0 Å². The molecule has 0 aliphatic rings. The Hall–Kier alpha value is -1.91. The van der Waals surface area contributed by atoms with Crippen molar-refractivity contribution in [2.24, 2.45) is 0 Å². The van der Waals surface area contributed by atoms with E-state index in [1.807, 2.05) is 6.92 Å². The van der Waals surface area contributed by atoms with Crippen molar-refractivity contribution < 1.29 is 4.79 Å². The maximum Gasteiger partial charge on any atom is 0.272 e. The van der Waals surface area contributed by atoms with Gasteiger partial charge in [-0.15, -0.1) is 0 Å². The lowest BCUT2D eigenvalue weighted by Gasteiger charge is -2.12. The fourth-order valence-electron chi connectivity index (χ4n) is 2.01. The van der Waals surface area contributed by atoms with Crippen LogP contribution in [-0.2, 0) is 0 Å². The van der Waals surface area contributed by atoms with Crippen LogP contribution in [0.5, 0.6) is 0 Å². The van der Waals surface area contributed by atoms with Gasteiger partial charge in [-0.2, -0.15) is 5.10 Å². The lowest BCUT2D eigenvalue weighted by Crippen LogP contribution is -2.32. The zero-order valence-corrected chi connectivity index (χ0v) is 11.5. The summed E-state index contributed by atoms with van der Waals surface area (Å²) >= 11 is 0. The molecule has 0 saturated heterocycles. The van der Waals surface area contributed by atoms with Crippen LogP contribution in [0, 0.1) is 0 Å². The van der Waals surface area contributed by atoms with Crippen molar-refractivity contribution in [3.8, 4) is 0 Å². The summed E-state index contributed by atoms with van der Waals surface area (Å²) in [6.07, 6.45) is 8.02. The molecule has 0 aromatic carbocycles. The lowest BCUT2D eigenvalue weighted by atomic mass is 10.1. The first-order chi connectivity index (χ1) is 9.20. The van der Waals surface area contributed by atoms with Gasteiger partial charge in [-0.1, -0.05) is 26.2 Å². The molecular formula is C14H20N4O. The third kappa shape index (κ3) is 3.53. The summed E-state index contributed by atoms with van der Waals surface area (Å²) in [4.78, 5) is 16.2. The number of hydrogen-bond donors (Lipinski definition) is 1. The Bertz CT molecular complexity index is 516. The molecule has 0 aliphatic heterocycles. The second kappa shape index (κ2) is 6.31. The molecule has 0 spiro atoms. The van der Waals surface area contributed by atoms with Crippen LogP contribution in [0.3, 0.4) is 0 Å². The maximum absolute atomic E-state index is 12.0. The highest BCUT2D eigenvalue weighted by Crippen LogP contribution is 2.06. The molecule has 2 heterocycles. The van der Waals surface area contributed by atoms with Gasteiger partial charge in [-0.05, 0) is 19.4 Å². The smallest absolute Gasteiger partial charge is 0.272 e. The van der Waals surface area contributed by atoms with E-state index in [2.05, 4.69) is 22.3 Å². The molecule has 0 aliphatic carbocycles. The third-order valence-electron chi connectivity index (χ3n) is 3.09. The number of aromatic nitrogens is 3. The number of fused-ring (bicyclic) bond motifs is 1. The van der Waals surface area contributed by atoms with Crippen LogP contribution in [-0.4, -0.2) is 26.5 Å². The predicted molar refractivity (Wildman–Crippen MR) is 74.1 cm³/mol. The average Bonchev–Trinajstić information content (AvgIpc) is 2.83. The fourth-order valence-corrected chi connectivity index (χ4v) is 2.01. The minimum absolute atomic E-state index is 0.130. The largest absolute Gasteiger partial charge is 0.348 e. The number of carbonyl (C=O) groups excluding carboxylic acids is 1. The molecule has 0 bridgehead atoms. The fraction of sp³-hybridized carbons (Fsp3) is 0.500. The van der Waals surface area contributed by atoms with Crippen molar-refractivity contribution in [3.05, 3.63) is 30.2 Å². The van der Waals surface area contributed by atoms with Gasteiger partial charge in [0.1, 0.15) is 0 Å². The lowest BCUT2D eigenvalue weighted by molar-refractivity contribution is 0.0932. The first-order valence-electron chi connectivity index (χ1n) is 6.82. The number of rotatable bonds is 6. The van der Waals surface area contributed by atoms with Gasteiger partial charge in [-0.3, -0.25) is 4.79 Å². The summed E-state index contributed by atoms with van der Waals surface area (Å²) in [6.45, 7) is 4.20. The van der Waals surface area contributed by atoms with Crippen LogP contribution in [0.1, 0.15) is 50.0 Å². The predicted octanol–water partition coefficient (Wildman–Crippen LogP) is 2.43. The number of unbranched alkanes of at least 4 members (excludes halogenated alkanes) is 2. The zero-order valence-electron chi connectivity index (χ0n) is 11.5. The van der Waals surface area contributed by atoms with E-state index in [0.717, 1.165) is 12.8 Å². The summed E-state index contributed by atoms with van der Waals surface area (Å²) in [5, 5.41) is 7.18. The Morgan fingerprint density at radius 2 is 2.32 bits per heavy atom. The highest BCUT2D eigenvalue weighted by Gasteiger charge is 2.13. The monoisotopic (exact) mass is 260 g/mol. The molecule has 0 radical (unpaired) electrons. The highest BCUT2D eigenvalue weighted by atomic mass is 16.2. The van der Waals surface area contributed by atoms with E-state index < -0.39 is 0 Å². The molecule has 5 heteroatoms. The summed E-state index contributed by atoms with van der Waals surface area (Å²) in [5.74, 6) is -0.130. The van der Waals surface area contributed by atoms with Gasteiger partial charge in [0, 0.05) is 24.5 Å². The van der Waals surface area contributed by atoms with E-state index >= 15 is 0 Å². The van der Waals surface area contributed by atoms with Gasteiger partial charge in [0.25, 0.3) is 5.91 Å². The van der Waals surface area contributed by atoms with Gasteiger partial charge in [-0.25, -0.2) is 9.50 Å². The highest BCUT2D eigenvalue weighted by molar-refractivity contribution is 5.93. The molecule has 102 valence electrons. The standard InChI is InChI=1S/C14H20N4O/c1-3-4-5-7-11(2)16-14(19)12-10-13-15-8-6-9-18(13)17-12/h6,8-11H,3-5,7H2,1-2H3,(H,16,19)/t11-/m0/s1. The van der Waals surface area contributed by atoms with Crippen molar-refractivity contribution in [1.29, 1.82) is 0 Å². The maximum atomic E-state index is 12.0. The third-order valence-corrected chi connectivity index (χ3v) is 3.09. The zero-order chi connectivity index (χ0) is 13.7. The Morgan fingerprint density at radius 1 is 1.47 bits per heavy atom. The van der Waals surface area contributed by atoms with Gasteiger partial charge < -0.3 is 5.32 Å². The van der Waals surface area contributed by atoms with Crippen LogP contribution in [0.4, 0.5) is 0 Å². The summed E-state index contributed by atoms with van der Waals surface area (Å²) in [7, 11) is 0. The van der Waals surface area contributed by atoms with Gasteiger partial charge in [0.05, 0.1) is 0 Å². The van der Waals surface area contributed by atoms with Gasteiger partial charge >= 0.3 is 0 Å². The molecule has 2 rings (SSSR count). The van der Waals surface area contributed by atoms with Crippen LogP contribution >= 0.6 is 0 Å². The summed E-state index contributed by atoms with van der Waals surface area (Å²) < 4.78 is 1.61. The number of carbonyl (C=O) groups is 1. The first kappa shape index (κ1) is 13.5. The SMILES string of the molecule is CCCCC[C@H](C)NC(=O)c1cc2ncccn2n1. The first-order valence-corrected chi connectivity index (χ1v) is 6.82. The minimum Gasteiger partial charge on any atom is -0.348 e. The number of hydrogen-bond acceptors (Lipinski definition) is 3. The van der Waals surface area contributed by atoms with Crippen LogP contribution in [0.15, 0.2) is 24.5 Å². The molecule has 0 fully saturated rings. The second-order valence-electron chi connectivity index (χ2n) is 4.82. The number of nitrogens with one attached hydrogen (secondary N) is 1. The molecular weight excluding hydrogens is 240 g/mol. The Kier molecular flexibility index (Phi) is 4.49. The van der Waals surface area contributed by atoms with Gasteiger partial charge in [0.15, 0.2) is 11.3 Å². The van der Waals surface area contributed by atoms with E-state index in [0.29, 0.717) is 11.3 Å². The van der Waals surface area contributed by atoms with E-state index in [1.54, 1.807) is 29.0 Å². The van der Waals surface area contributed by atoms with Crippen molar-refractivity contribution in [2.45, 2.75) is 45.6 Å². The Balaban J connectivity index is 1.95. The molecule has 5 nitrogen and oxygen atoms in total. The molecule has 1 amide bonds. The van der Waals surface area contributed by atoms with Crippen LogP contribution < -0.4 is 5.32 Å². The van der Waals surface area contributed by atoms with Crippen molar-refractivity contribution in [3.63, 3.8) is 0 Å². The van der Waals surface area contributed by atoms with E-state index in [1.165, 1.54) is 12.8 Å². The van der Waals surface area contributed by atoms with Crippen molar-refractivity contribution in [1.82, 2.24) is 19.9 Å². The van der Waals surface area contributed by atoms with E-state index in [9.17, 15) is 4.79 Å². The second-order valence-corrected chi connectivity index (χ2v) is 4.82. The molecule has 2 aromatic rings. The quantitative estimate of drug-likeness (QED) is 0.811. The Labute approximate surface area is 113 Å². The molecule has 0 saturated carbocycles. The summed E-state index contributed by atoms with van der Waals surface area (Å²) in [6, 6.07) is 3.67. The molecule has 0 unspecified atom stereocenters. The molecule has 1 atom stereocenters. The molecule has 2 aromatic heterocycles. The van der Waals surface area contributed by atoms with Crippen molar-refractivity contribution in [2.75, 3.05) is 0 Å². The number of amides is 1. The van der Waals surface area contributed by atoms with Gasteiger partial charge in [0.2, 0.25) is 0 Å². The molecule has 19 heavy (non-hydrogen) atoms. The number of nitrogens with zero attached hydrogens (tertiary/aromatic N) is 3. The Morgan fingerprint density at radius 3 is 3.05 bits per heavy atom. The molecule has 1 N–H and O–H groups in total. The topological polar surface area (TPSA) is 59.3 Å². The van der Waals surface area contributed by atoms with Crippen LogP contribution in [0.25, 0.3) is 5.65 Å². The van der Waals surface area contributed by atoms with Crippen molar-refractivity contribution >= 4 is 11.6 Å².